The van der Waals surface area contributed by atoms with Crippen LogP contribution in [0, 0.1) is 11.8 Å². The van der Waals surface area contributed by atoms with Gasteiger partial charge in [0.15, 0.2) is 0 Å². The van der Waals surface area contributed by atoms with Crippen molar-refractivity contribution in [1.82, 2.24) is 4.90 Å². The summed E-state index contributed by atoms with van der Waals surface area (Å²) in [6, 6.07) is 11.0. The van der Waals surface area contributed by atoms with Crippen molar-refractivity contribution in [2.45, 2.75) is 45.7 Å². The quantitative estimate of drug-likeness (QED) is 0.895. The molecule has 1 aromatic carbocycles. The zero-order valence-corrected chi connectivity index (χ0v) is 12.5. The lowest BCUT2D eigenvalue weighted by molar-refractivity contribution is -0.144. The van der Waals surface area contributed by atoms with Crippen LogP contribution in [0.2, 0.25) is 0 Å². The maximum atomic E-state index is 11.2. The Bertz CT molecular complexity index is 432. The number of likely N-dealkylation sites (tertiary alicyclic amines) is 1. The summed E-state index contributed by atoms with van der Waals surface area (Å²) in [4.78, 5) is 13.7. The monoisotopic (exact) mass is 275 g/mol. The minimum atomic E-state index is -0.652. The molecule has 1 heterocycles. The van der Waals surface area contributed by atoms with Crippen LogP contribution in [0.25, 0.3) is 0 Å². The first-order valence-electron chi connectivity index (χ1n) is 7.62. The number of benzene rings is 1. The molecule has 3 nitrogen and oxygen atoms in total. The van der Waals surface area contributed by atoms with Gasteiger partial charge < -0.3 is 5.11 Å². The predicted octanol–water partition coefficient (Wildman–Crippen LogP) is 3.40. The lowest BCUT2D eigenvalue weighted by Crippen LogP contribution is -2.43. The van der Waals surface area contributed by atoms with Gasteiger partial charge in [-0.05, 0) is 37.3 Å². The van der Waals surface area contributed by atoms with Crippen LogP contribution in [-0.4, -0.2) is 28.6 Å². The molecule has 2 rings (SSSR count). The molecule has 1 aliphatic rings. The van der Waals surface area contributed by atoms with E-state index < -0.39 is 5.97 Å². The zero-order chi connectivity index (χ0) is 14.5. The van der Waals surface area contributed by atoms with Gasteiger partial charge in [-0.3, -0.25) is 9.69 Å². The molecule has 0 amide bonds. The van der Waals surface area contributed by atoms with E-state index in [2.05, 4.69) is 36.1 Å². The molecule has 0 aromatic heterocycles. The predicted molar refractivity (Wildman–Crippen MR) is 80.5 cm³/mol. The highest BCUT2D eigenvalue weighted by molar-refractivity contribution is 5.69. The third kappa shape index (κ3) is 3.60. The van der Waals surface area contributed by atoms with E-state index in [0.717, 1.165) is 32.4 Å². The Hall–Kier alpha value is -1.35. The number of nitrogens with zero attached hydrogens (tertiary/aromatic N) is 1. The number of rotatable bonds is 5. The number of carboxylic acids is 1. The summed E-state index contributed by atoms with van der Waals surface area (Å²) in [5.74, 6) is -0.547. The van der Waals surface area contributed by atoms with Gasteiger partial charge in [-0.2, -0.15) is 0 Å². The summed E-state index contributed by atoms with van der Waals surface area (Å²) < 4.78 is 0. The number of carboxylic acid groups (broad SMARTS) is 1. The van der Waals surface area contributed by atoms with Gasteiger partial charge in [-0.1, -0.05) is 44.2 Å². The third-order valence-corrected chi connectivity index (χ3v) is 4.67. The lowest BCUT2D eigenvalue weighted by atomic mass is 9.81. The molecule has 0 saturated carbocycles. The summed E-state index contributed by atoms with van der Waals surface area (Å²) in [7, 11) is 0. The summed E-state index contributed by atoms with van der Waals surface area (Å²) in [5, 5.41) is 9.18. The molecule has 0 bridgehead atoms. The first kappa shape index (κ1) is 15.0. The molecule has 0 aliphatic carbocycles. The number of carbonyl (C=O) groups is 1. The van der Waals surface area contributed by atoms with E-state index in [4.69, 9.17) is 0 Å². The molecule has 1 fully saturated rings. The van der Waals surface area contributed by atoms with Gasteiger partial charge in [0.1, 0.15) is 0 Å². The number of piperidine rings is 1. The van der Waals surface area contributed by atoms with Crippen molar-refractivity contribution in [1.29, 1.82) is 0 Å². The Kier molecular flexibility index (Phi) is 5.18. The number of hydrogen-bond donors (Lipinski definition) is 1. The van der Waals surface area contributed by atoms with Crippen molar-refractivity contribution < 1.29 is 9.90 Å². The fourth-order valence-corrected chi connectivity index (χ4v) is 3.24. The molecular formula is C17H25NO2. The van der Waals surface area contributed by atoms with Gasteiger partial charge in [0.25, 0.3) is 0 Å². The lowest BCUT2D eigenvalue weighted by Gasteiger charge is -2.40. The largest absolute Gasteiger partial charge is 0.481 e. The van der Waals surface area contributed by atoms with Gasteiger partial charge >= 0.3 is 5.97 Å². The smallest absolute Gasteiger partial charge is 0.306 e. The van der Waals surface area contributed by atoms with Crippen LogP contribution in [0.3, 0.4) is 0 Å². The Morgan fingerprint density at radius 3 is 2.70 bits per heavy atom. The standard InChI is InChI=1S/C17H25NO2/c1-3-16-11-15(13(2)17(19)20)9-10-18(16)12-14-7-5-4-6-8-14/h4-8,13,15-16H,3,9-12H2,1-2H3,(H,19,20). The number of aliphatic carboxylic acids is 1. The van der Waals surface area contributed by atoms with E-state index in [1.54, 1.807) is 0 Å². The van der Waals surface area contributed by atoms with Crippen molar-refractivity contribution in [3.05, 3.63) is 35.9 Å². The molecule has 1 saturated heterocycles. The third-order valence-electron chi connectivity index (χ3n) is 4.67. The second kappa shape index (κ2) is 6.89. The van der Waals surface area contributed by atoms with Crippen LogP contribution in [0.1, 0.15) is 38.7 Å². The second-order valence-electron chi connectivity index (χ2n) is 5.93. The highest BCUT2D eigenvalue weighted by atomic mass is 16.4. The maximum Gasteiger partial charge on any atom is 0.306 e. The van der Waals surface area contributed by atoms with Crippen molar-refractivity contribution in [3.8, 4) is 0 Å². The normalized spacial score (nSPS) is 25.3. The van der Waals surface area contributed by atoms with Gasteiger partial charge in [0.05, 0.1) is 5.92 Å². The van der Waals surface area contributed by atoms with Crippen LogP contribution >= 0.6 is 0 Å². The minimum absolute atomic E-state index is 0.220. The van der Waals surface area contributed by atoms with E-state index >= 15 is 0 Å². The Morgan fingerprint density at radius 1 is 1.40 bits per heavy atom. The molecular weight excluding hydrogens is 250 g/mol. The highest BCUT2D eigenvalue weighted by Crippen LogP contribution is 2.31. The summed E-state index contributed by atoms with van der Waals surface area (Å²) in [6.45, 7) is 6.05. The SMILES string of the molecule is CCC1CC(C(C)C(=O)O)CCN1Cc1ccccc1. The molecule has 3 atom stereocenters. The van der Waals surface area contributed by atoms with Crippen molar-refractivity contribution in [2.75, 3.05) is 6.54 Å². The van der Waals surface area contributed by atoms with Crippen molar-refractivity contribution in [3.63, 3.8) is 0 Å². The first-order valence-corrected chi connectivity index (χ1v) is 7.62. The van der Waals surface area contributed by atoms with E-state index in [-0.39, 0.29) is 5.92 Å². The molecule has 0 spiro atoms. The first-order chi connectivity index (χ1) is 9.61. The molecule has 1 aliphatic heterocycles. The Labute approximate surface area is 121 Å². The maximum absolute atomic E-state index is 11.2. The summed E-state index contributed by atoms with van der Waals surface area (Å²) in [5.41, 5.74) is 1.34. The molecule has 1 N–H and O–H groups in total. The van der Waals surface area contributed by atoms with Crippen LogP contribution < -0.4 is 0 Å². The Morgan fingerprint density at radius 2 is 2.10 bits per heavy atom. The van der Waals surface area contributed by atoms with Crippen molar-refractivity contribution >= 4 is 5.97 Å². The average Bonchev–Trinajstić information content (AvgIpc) is 2.48. The minimum Gasteiger partial charge on any atom is -0.481 e. The summed E-state index contributed by atoms with van der Waals surface area (Å²) in [6.07, 6.45) is 3.10. The van der Waals surface area contributed by atoms with Gasteiger partial charge in [-0.25, -0.2) is 0 Å². The zero-order valence-electron chi connectivity index (χ0n) is 12.5. The van der Waals surface area contributed by atoms with Gasteiger partial charge in [-0.15, -0.1) is 0 Å². The van der Waals surface area contributed by atoms with E-state index in [1.807, 2.05) is 13.0 Å². The van der Waals surface area contributed by atoms with Crippen LogP contribution in [0.4, 0.5) is 0 Å². The van der Waals surface area contributed by atoms with Crippen LogP contribution in [0.5, 0.6) is 0 Å². The average molecular weight is 275 g/mol. The molecule has 3 heteroatoms. The Balaban J connectivity index is 1.98. The fraction of sp³-hybridized carbons (Fsp3) is 0.588. The van der Waals surface area contributed by atoms with E-state index in [0.29, 0.717) is 12.0 Å². The topological polar surface area (TPSA) is 40.5 Å². The molecule has 1 aromatic rings. The summed E-state index contributed by atoms with van der Waals surface area (Å²) >= 11 is 0. The number of hydrogen-bond acceptors (Lipinski definition) is 2. The van der Waals surface area contributed by atoms with Gasteiger partial charge in [0, 0.05) is 12.6 Å². The second-order valence-corrected chi connectivity index (χ2v) is 5.93. The molecule has 0 radical (unpaired) electrons. The van der Waals surface area contributed by atoms with Crippen molar-refractivity contribution in [2.24, 2.45) is 11.8 Å². The van der Waals surface area contributed by atoms with Crippen LogP contribution in [0.15, 0.2) is 30.3 Å². The fourth-order valence-electron chi connectivity index (χ4n) is 3.24. The molecule has 3 unspecified atom stereocenters. The van der Waals surface area contributed by atoms with Crippen LogP contribution in [-0.2, 0) is 11.3 Å². The highest BCUT2D eigenvalue weighted by Gasteiger charge is 2.32. The molecule has 110 valence electrons. The van der Waals surface area contributed by atoms with E-state index in [9.17, 15) is 9.90 Å². The molecule has 20 heavy (non-hydrogen) atoms. The van der Waals surface area contributed by atoms with E-state index in [1.165, 1.54) is 5.56 Å². The van der Waals surface area contributed by atoms with Gasteiger partial charge in [0.2, 0.25) is 0 Å².